The van der Waals surface area contributed by atoms with Crippen LogP contribution in [0.2, 0.25) is 0 Å². The first kappa shape index (κ1) is 19.7. The molecule has 0 amide bonds. The Bertz CT molecular complexity index is 719. The lowest BCUT2D eigenvalue weighted by Gasteiger charge is -2.58. The van der Waals surface area contributed by atoms with Gasteiger partial charge >= 0.3 is 11.9 Å². The number of carbonyl (C=O) groups excluding carboxylic acids is 1. The van der Waals surface area contributed by atoms with Gasteiger partial charge in [0, 0.05) is 17.9 Å². The van der Waals surface area contributed by atoms with E-state index in [4.69, 9.17) is 9.15 Å². The second kappa shape index (κ2) is 7.53. The lowest BCUT2D eigenvalue weighted by atomic mass is 9.46. The van der Waals surface area contributed by atoms with Crippen molar-refractivity contribution in [2.24, 2.45) is 22.7 Å². The molecular weight excluding hydrogens is 344 g/mol. The molecule has 5 heteroatoms. The standard InChI is InChI=1S/C22H30O5/c1-15-7-11-22(14-27-16(2)23)18(20(24)25)5-4-6-19(22)21(15,3)10-8-17-9-12-26-13-17/h5,9,12-13,15,19H,4,6-8,10-11,14H2,1-3H3,(H,24,25)/t15-,19?,21+,22+/m1/s1. The Balaban J connectivity index is 1.96. The number of hydrogen-bond donors (Lipinski definition) is 1. The zero-order chi connectivity index (χ0) is 19.7. The van der Waals surface area contributed by atoms with Crippen LogP contribution in [-0.4, -0.2) is 23.7 Å². The summed E-state index contributed by atoms with van der Waals surface area (Å²) in [5, 5.41) is 9.90. The monoisotopic (exact) mass is 374 g/mol. The van der Waals surface area contributed by atoms with Crippen LogP contribution in [0.1, 0.15) is 58.4 Å². The molecule has 1 unspecified atom stereocenters. The molecular formula is C22H30O5. The minimum Gasteiger partial charge on any atom is -0.478 e. The highest BCUT2D eigenvalue weighted by atomic mass is 16.5. The van der Waals surface area contributed by atoms with Crippen LogP contribution >= 0.6 is 0 Å². The van der Waals surface area contributed by atoms with Crippen molar-refractivity contribution in [3.8, 4) is 0 Å². The van der Waals surface area contributed by atoms with E-state index in [0.29, 0.717) is 11.5 Å². The van der Waals surface area contributed by atoms with E-state index in [0.717, 1.165) is 38.5 Å². The summed E-state index contributed by atoms with van der Waals surface area (Å²) < 4.78 is 10.7. The van der Waals surface area contributed by atoms with Crippen LogP contribution in [0, 0.1) is 22.7 Å². The molecule has 148 valence electrons. The molecule has 4 atom stereocenters. The van der Waals surface area contributed by atoms with E-state index in [1.807, 2.05) is 12.1 Å². The van der Waals surface area contributed by atoms with Crippen molar-refractivity contribution in [2.45, 2.75) is 59.3 Å². The maximum absolute atomic E-state index is 12.1. The molecule has 0 saturated heterocycles. The fourth-order valence-corrected chi connectivity index (χ4v) is 5.53. The smallest absolute Gasteiger partial charge is 0.331 e. The summed E-state index contributed by atoms with van der Waals surface area (Å²) >= 11 is 0. The number of furan rings is 1. The van der Waals surface area contributed by atoms with Gasteiger partial charge < -0.3 is 14.3 Å². The Labute approximate surface area is 160 Å². The average Bonchev–Trinajstić information content (AvgIpc) is 3.15. The van der Waals surface area contributed by atoms with E-state index in [1.54, 1.807) is 12.5 Å². The first-order valence-electron chi connectivity index (χ1n) is 9.88. The third kappa shape index (κ3) is 3.56. The zero-order valence-corrected chi connectivity index (χ0v) is 16.5. The lowest BCUT2D eigenvalue weighted by molar-refractivity contribution is -0.155. The van der Waals surface area contributed by atoms with Gasteiger partial charge in [0.25, 0.3) is 0 Å². The molecule has 1 aromatic heterocycles. The molecule has 0 aromatic carbocycles. The number of aryl methyl sites for hydroxylation is 1. The maximum atomic E-state index is 12.1. The Morgan fingerprint density at radius 2 is 2.15 bits per heavy atom. The maximum Gasteiger partial charge on any atom is 0.331 e. The number of fused-ring (bicyclic) bond motifs is 1. The molecule has 1 fully saturated rings. The highest BCUT2D eigenvalue weighted by Gasteiger charge is 2.58. The molecule has 2 aliphatic carbocycles. The molecule has 0 aliphatic heterocycles. The predicted octanol–water partition coefficient (Wildman–Crippen LogP) is 4.62. The van der Waals surface area contributed by atoms with E-state index in [9.17, 15) is 14.7 Å². The Hall–Kier alpha value is -2.04. The number of allylic oxidation sites excluding steroid dienone is 1. The van der Waals surface area contributed by atoms with Gasteiger partial charge in [0.2, 0.25) is 0 Å². The summed E-state index contributed by atoms with van der Waals surface area (Å²) in [4.78, 5) is 23.6. The zero-order valence-electron chi connectivity index (χ0n) is 16.5. The van der Waals surface area contributed by atoms with Crippen molar-refractivity contribution in [1.82, 2.24) is 0 Å². The Morgan fingerprint density at radius 3 is 2.78 bits per heavy atom. The van der Waals surface area contributed by atoms with Crippen LogP contribution in [0.3, 0.4) is 0 Å². The third-order valence-electron chi connectivity index (χ3n) is 7.25. The highest BCUT2D eigenvalue weighted by molar-refractivity contribution is 5.88. The summed E-state index contributed by atoms with van der Waals surface area (Å²) in [7, 11) is 0. The number of aliphatic carboxylic acids is 1. The van der Waals surface area contributed by atoms with E-state index < -0.39 is 11.4 Å². The highest BCUT2D eigenvalue weighted by Crippen LogP contribution is 2.62. The first-order chi connectivity index (χ1) is 12.8. The summed E-state index contributed by atoms with van der Waals surface area (Å²) in [5.74, 6) is -0.570. The molecule has 0 bridgehead atoms. The molecule has 5 nitrogen and oxygen atoms in total. The second-order valence-electron chi connectivity index (χ2n) is 8.57. The molecule has 1 N–H and O–H groups in total. The normalized spacial score (nSPS) is 33.1. The minimum atomic E-state index is -0.876. The third-order valence-corrected chi connectivity index (χ3v) is 7.25. The van der Waals surface area contributed by atoms with Crippen LogP contribution in [0.25, 0.3) is 0 Å². The van der Waals surface area contributed by atoms with Gasteiger partial charge in [-0.25, -0.2) is 4.79 Å². The number of carboxylic acids is 1. The minimum absolute atomic E-state index is 0.0232. The molecule has 27 heavy (non-hydrogen) atoms. The molecule has 1 saturated carbocycles. The SMILES string of the molecule is CC(=O)OC[C@]12CC[C@@H](C)[C@](C)(CCc3ccoc3)C1CCC=C2C(=O)O. The Kier molecular flexibility index (Phi) is 5.50. The van der Waals surface area contributed by atoms with Crippen LogP contribution in [0.4, 0.5) is 0 Å². The predicted molar refractivity (Wildman–Crippen MR) is 101 cm³/mol. The number of rotatable bonds is 6. The van der Waals surface area contributed by atoms with E-state index >= 15 is 0 Å². The van der Waals surface area contributed by atoms with Gasteiger partial charge in [0.15, 0.2) is 0 Å². The van der Waals surface area contributed by atoms with Crippen molar-refractivity contribution in [1.29, 1.82) is 0 Å². The van der Waals surface area contributed by atoms with Gasteiger partial charge in [-0.05, 0) is 67.4 Å². The van der Waals surface area contributed by atoms with Crippen molar-refractivity contribution < 1.29 is 23.8 Å². The topological polar surface area (TPSA) is 76.7 Å². The summed E-state index contributed by atoms with van der Waals surface area (Å²) in [5.41, 5.74) is 1.00. The molecule has 1 aromatic rings. The number of hydrogen-bond acceptors (Lipinski definition) is 4. The largest absolute Gasteiger partial charge is 0.478 e. The van der Waals surface area contributed by atoms with Crippen molar-refractivity contribution in [3.05, 3.63) is 35.8 Å². The average molecular weight is 374 g/mol. The summed E-state index contributed by atoms with van der Waals surface area (Å²) in [6.45, 7) is 6.14. The van der Waals surface area contributed by atoms with Crippen LogP contribution in [-0.2, 0) is 20.7 Å². The van der Waals surface area contributed by atoms with Gasteiger partial charge in [-0.1, -0.05) is 19.9 Å². The van der Waals surface area contributed by atoms with Gasteiger partial charge in [-0.15, -0.1) is 0 Å². The van der Waals surface area contributed by atoms with Gasteiger partial charge in [-0.2, -0.15) is 0 Å². The van der Waals surface area contributed by atoms with Gasteiger partial charge in [0.1, 0.15) is 6.61 Å². The number of carbonyl (C=O) groups is 2. The molecule has 1 heterocycles. The summed E-state index contributed by atoms with van der Waals surface area (Å²) in [6.07, 6.45) is 10.6. The molecule has 2 aliphatic rings. The Morgan fingerprint density at radius 1 is 1.37 bits per heavy atom. The quantitative estimate of drug-likeness (QED) is 0.735. The number of ether oxygens (including phenoxy) is 1. The van der Waals surface area contributed by atoms with E-state index in [2.05, 4.69) is 13.8 Å². The fourth-order valence-electron chi connectivity index (χ4n) is 5.53. The first-order valence-corrected chi connectivity index (χ1v) is 9.88. The second-order valence-corrected chi connectivity index (χ2v) is 8.57. The van der Waals surface area contributed by atoms with E-state index in [-0.39, 0.29) is 23.9 Å². The van der Waals surface area contributed by atoms with Gasteiger partial charge in [-0.3, -0.25) is 4.79 Å². The van der Waals surface area contributed by atoms with Crippen LogP contribution in [0.5, 0.6) is 0 Å². The van der Waals surface area contributed by atoms with Crippen LogP contribution < -0.4 is 0 Å². The van der Waals surface area contributed by atoms with Crippen molar-refractivity contribution in [2.75, 3.05) is 6.61 Å². The van der Waals surface area contributed by atoms with E-state index in [1.165, 1.54) is 12.5 Å². The lowest BCUT2D eigenvalue weighted by Crippen LogP contribution is -2.54. The molecule has 0 spiro atoms. The molecule has 3 rings (SSSR count). The number of esters is 1. The van der Waals surface area contributed by atoms with Crippen molar-refractivity contribution >= 4 is 11.9 Å². The number of carboxylic acid groups (broad SMARTS) is 1. The summed E-state index contributed by atoms with van der Waals surface area (Å²) in [6, 6.07) is 1.99. The van der Waals surface area contributed by atoms with Crippen molar-refractivity contribution in [3.63, 3.8) is 0 Å². The fraction of sp³-hybridized carbons (Fsp3) is 0.636. The van der Waals surface area contributed by atoms with Crippen LogP contribution in [0.15, 0.2) is 34.7 Å². The molecule has 0 radical (unpaired) electrons. The van der Waals surface area contributed by atoms with Gasteiger partial charge in [0.05, 0.1) is 12.5 Å².